The van der Waals surface area contributed by atoms with Gasteiger partial charge in [-0.05, 0) is 60.4 Å². The van der Waals surface area contributed by atoms with Gasteiger partial charge in [-0.25, -0.2) is 9.69 Å². The van der Waals surface area contributed by atoms with E-state index in [2.05, 4.69) is 5.32 Å². The third-order valence-electron chi connectivity index (χ3n) is 5.42. The summed E-state index contributed by atoms with van der Waals surface area (Å²) in [6, 6.07) is 19.2. The largest absolute Gasteiger partial charge is 0.487 e. The molecule has 1 fully saturated rings. The second kappa shape index (κ2) is 9.30. The van der Waals surface area contributed by atoms with E-state index in [1.807, 2.05) is 50.2 Å². The lowest BCUT2D eigenvalue weighted by atomic mass is 10.0. The van der Waals surface area contributed by atoms with Crippen molar-refractivity contribution in [3.63, 3.8) is 0 Å². The van der Waals surface area contributed by atoms with Crippen LogP contribution in [0.2, 0.25) is 5.02 Å². The average molecular weight is 461 g/mol. The Morgan fingerprint density at radius 2 is 1.73 bits per heavy atom. The number of hydrogen-bond acceptors (Lipinski definition) is 4. The molecule has 0 spiro atoms. The molecule has 0 bridgehead atoms. The van der Waals surface area contributed by atoms with Gasteiger partial charge in [0.05, 0.1) is 10.7 Å². The summed E-state index contributed by atoms with van der Waals surface area (Å²) in [5, 5.41) is 2.58. The Labute approximate surface area is 196 Å². The number of carbonyl (C=O) groups excluding carboxylic acids is 3. The molecule has 3 aromatic carbocycles. The summed E-state index contributed by atoms with van der Waals surface area (Å²) >= 11 is 6.37. The molecule has 0 radical (unpaired) electrons. The van der Waals surface area contributed by atoms with Crippen LogP contribution in [0.5, 0.6) is 5.75 Å². The van der Waals surface area contributed by atoms with E-state index in [1.54, 1.807) is 30.3 Å². The van der Waals surface area contributed by atoms with Crippen molar-refractivity contribution >= 4 is 41.2 Å². The van der Waals surface area contributed by atoms with Crippen LogP contribution in [0.25, 0.3) is 6.08 Å². The summed E-state index contributed by atoms with van der Waals surface area (Å²) in [6.45, 7) is 4.06. The van der Waals surface area contributed by atoms with Gasteiger partial charge in [-0.1, -0.05) is 60.1 Å². The molecule has 1 aliphatic heterocycles. The number of aryl methyl sites for hydroxylation is 1. The molecule has 4 amide bonds. The molecule has 166 valence electrons. The number of imide groups is 2. The van der Waals surface area contributed by atoms with Crippen LogP contribution in [-0.4, -0.2) is 17.8 Å². The van der Waals surface area contributed by atoms with Crippen LogP contribution in [0.3, 0.4) is 0 Å². The topological polar surface area (TPSA) is 75.7 Å². The molecule has 6 nitrogen and oxygen atoms in total. The van der Waals surface area contributed by atoms with Gasteiger partial charge in [-0.2, -0.15) is 0 Å². The quantitative estimate of drug-likeness (QED) is 0.419. The lowest BCUT2D eigenvalue weighted by Gasteiger charge is -2.28. The van der Waals surface area contributed by atoms with Crippen LogP contribution in [0.4, 0.5) is 10.5 Å². The van der Waals surface area contributed by atoms with Crippen molar-refractivity contribution in [1.82, 2.24) is 5.32 Å². The lowest BCUT2D eigenvalue weighted by molar-refractivity contribution is -0.122. The standard InChI is InChI=1S/C26H21ClN2O4/c1-16-7-6-10-22(17(16)2)29-25(31)20(24(30)28-26(29)32)13-19-11-12-23(21(27)14-19)33-15-18-8-4-3-5-9-18/h3-14H,15H2,1-2H3,(H,28,30,32)/b20-13+. The van der Waals surface area contributed by atoms with E-state index in [1.165, 1.54) is 6.08 Å². The van der Waals surface area contributed by atoms with E-state index in [0.717, 1.165) is 21.6 Å². The third kappa shape index (κ3) is 4.66. The predicted octanol–water partition coefficient (Wildman–Crippen LogP) is 5.20. The van der Waals surface area contributed by atoms with Crippen LogP contribution in [-0.2, 0) is 16.2 Å². The number of halogens is 1. The summed E-state index contributed by atoms with van der Waals surface area (Å²) in [5.74, 6) is -0.973. The van der Waals surface area contributed by atoms with Gasteiger partial charge in [-0.15, -0.1) is 0 Å². The fraction of sp³-hybridized carbons (Fsp3) is 0.115. The van der Waals surface area contributed by atoms with Gasteiger partial charge in [0.2, 0.25) is 0 Å². The molecule has 3 aromatic rings. The molecule has 1 heterocycles. The van der Waals surface area contributed by atoms with Gasteiger partial charge < -0.3 is 4.74 Å². The first-order valence-corrected chi connectivity index (χ1v) is 10.7. The normalized spacial score (nSPS) is 15.1. The molecule has 0 saturated carbocycles. The van der Waals surface area contributed by atoms with E-state index in [4.69, 9.17) is 16.3 Å². The lowest BCUT2D eigenvalue weighted by Crippen LogP contribution is -2.54. The van der Waals surface area contributed by atoms with Crippen molar-refractivity contribution in [1.29, 1.82) is 0 Å². The van der Waals surface area contributed by atoms with Crippen molar-refractivity contribution in [2.45, 2.75) is 20.5 Å². The molecule has 33 heavy (non-hydrogen) atoms. The van der Waals surface area contributed by atoms with Crippen LogP contribution in [0.15, 0.2) is 72.3 Å². The first-order chi connectivity index (χ1) is 15.8. The highest BCUT2D eigenvalue weighted by molar-refractivity contribution is 6.39. The van der Waals surface area contributed by atoms with E-state index in [-0.39, 0.29) is 5.57 Å². The van der Waals surface area contributed by atoms with Gasteiger partial charge in [0.1, 0.15) is 17.9 Å². The van der Waals surface area contributed by atoms with Gasteiger partial charge in [0.15, 0.2) is 0 Å². The zero-order valence-corrected chi connectivity index (χ0v) is 18.8. The van der Waals surface area contributed by atoms with Crippen molar-refractivity contribution < 1.29 is 19.1 Å². The second-order valence-corrected chi connectivity index (χ2v) is 8.05. The highest BCUT2D eigenvalue weighted by atomic mass is 35.5. The number of barbiturate groups is 1. The van der Waals surface area contributed by atoms with Crippen LogP contribution in [0, 0.1) is 13.8 Å². The van der Waals surface area contributed by atoms with E-state index >= 15 is 0 Å². The molecule has 4 rings (SSSR count). The number of rotatable bonds is 5. The number of benzene rings is 3. The molecule has 0 unspecified atom stereocenters. The zero-order valence-electron chi connectivity index (χ0n) is 18.1. The number of urea groups is 1. The SMILES string of the molecule is Cc1cccc(N2C(=O)NC(=O)/C(=C\c3ccc(OCc4ccccc4)c(Cl)c3)C2=O)c1C. The van der Waals surface area contributed by atoms with Crippen LogP contribution < -0.4 is 15.0 Å². The van der Waals surface area contributed by atoms with Crippen LogP contribution in [0.1, 0.15) is 22.3 Å². The molecular formula is C26H21ClN2O4. The highest BCUT2D eigenvalue weighted by Gasteiger charge is 2.37. The number of hydrogen-bond donors (Lipinski definition) is 1. The Bertz CT molecular complexity index is 1280. The van der Waals surface area contributed by atoms with Crippen molar-refractivity contribution in [3.05, 3.63) is 99.6 Å². The average Bonchev–Trinajstić information content (AvgIpc) is 2.79. The molecule has 0 aromatic heterocycles. The summed E-state index contributed by atoms with van der Waals surface area (Å²) in [4.78, 5) is 39.1. The van der Waals surface area contributed by atoms with E-state index in [0.29, 0.717) is 28.6 Å². The molecule has 1 aliphatic rings. The maximum absolute atomic E-state index is 13.1. The molecule has 0 atom stereocenters. The van der Waals surface area contributed by atoms with Crippen molar-refractivity contribution in [2.24, 2.45) is 0 Å². The Kier molecular flexibility index (Phi) is 6.29. The fourth-order valence-corrected chi connectivity index (χ4v) is 3.72. The number of nitrogens with one attached hydrogen (secondary N) is 1. The maximum atomic E-state index is 13.1. The Balaban J connectivity index is 1.60. The number of amides is 4. The van der Waals surface area contributed by atoms with Crippen molar-refractivity contribution in [3.8, 4) is 5.75 Å². The number of nitrogens with zero attached hydrogens (tertiary/aromatic N) is 1. The highest BCUT2D eigenvalue weighted by Crippen LogP contribution is 2.29. The summed E-state index contributed by atoms with van der Waals surface area (Å²) in [5.41, 5.74) is 3.50. The fourth-order valence-electron chi connectivity index (χ4n) is 3.48. The third-order valence-corrected chi connectivity index (χ3v) is 5.72. The van der Waals surface area contributed by atoms with Crippen molar-refractivity contribution in [2.75, 3.05) is 4.90 Å². The molecule has 1 saturated heterocycles. The minimum atomic E-state index is -0.779. The molecule has 1 N–H and O–H groups in total. The summed E-state index contributed by atoms with van der Waals surface area (Å²) in [7, 11) is 0. The summed E-state index contributed by atoms with van der Waals surface area (Å²) in [6.07, 6.45) is 1.41. The van der Waals surface area contributed by atoms with Gasteiger partial charge in [0, 0.05) is 0 Å². The van der Waals surface area contributed by atoms with Crippen LogP contribution >= 0.6 is 11.6 Å². The molecule has 7 heteroatoms. The number of carbonyl (C=O) groups is 3. The predicted molar refractivity (Wildman–Crippen MR) is 127 cm³/mol. The first kappa shape index (κ1) is 22.3. The Hall–Kier alpha value is -3.90. The maximum Gasteiger partial charge on any atom is 0.335 e. The van der Waals surface area contributed by atoms with Gasteiger partial charge >= 0.3 is 6.03 Å². The van der Waals surface area contributed by atoms with E-state index < -0.39 is 17.8 Å². The summed E-state index contributed by atoms with van der Waals surface area (Å²) < 4.78 is 5.77. The number of ether oxygens (including phenoxy) is 1. The molecule has 0 aliphatic carbocycles. The van der Waals surface area contributed by atoms with Gasteiger partial charge in [-0.3, -0.25) is 14.9 Å². The van der Waals surface area contributed by atoms with E-state index in [9.17, 15) is 14.4 Å². The monoisotopic (exact) mass is 460 g/mol. The minimum absolute atomic E-state index is 0.162. The zero-order chi connectivity index (χ0) is 23.5. The second-order valence-electron chi connectivity index (χ2n) is 7.64. The smallest absolute Gasteiger partial charge is 0.335 e. The minimum Gasteiger partial charge on any atom is -0.487 e. The Morgan fingerprint density at radius 3 is 2.45 bits per heavy atom. The first-order valence-electron chi connectivity index (χ1n) is 10.3. The van der Waals surface area contributed by atoms with Gasteiger partial charge in [0.25, 0.3) is 11.8 Å². The Morgan fingerprint density at radius 1 is 0.970 bits per heavy atom. The molecular weight excluding hydrogens is 440 g/mol. The number of anilines is 1.